The number of para-hydroxylation sites is 1. The third-order valence-corrected chi connectivity index (χ3v) is 7.15. The van der Waals surface area contributed by atoms with Gasteiger partial charge in [0.25, 0.3) is 0 Å². The number of hydrogen-bond acceptors (Lipinski definition) is 1. The van der Waals surface area contributed by atoms with E-state index < -0.39 is 0 Å². The topological polar surface area (TPSA) is 34.0 Å². The van der Waals surface area contributed by atoms with E-state index in [-0.39, 0.29) is 5.91 Å². The van der Waals surface area contributed by atoms with Crippen LogP contribution in [0.4, 0.5) is 0 Å². The van der Waals surface area contributed by atoms with Crippen molar-refractivity contribution in [1.29, 1.82) is 0 Å². The summed E-state index contributed by atoms with van der Waals surface area (Å²) in [6, 6.07) is 17.4. The number of hydrogen-bond donors (Lipinski definition) is 1. The molecule has 0 bridgehead atoms. The first-order valence-electron chi connectivity index (χ1n) is 11.4. The van der Waals surface area contributed by atoms with Crippen molar-refractivity contribution in [3.05, 3.63) is 71.4 Å². The number of nitrogens with one attached hydrogen (secondary N) is 1. The fourth-order valence-electron chi connectivity index (χ4n) is 4.94. The first-order valence-corrected chi connectivity index (χ1v) is 11.4. The molecule has 158 valence electrons. The number of carbonyl (C=O) groups is 1. The zero-order valence-electron chi connectivity index (χ0n) is 18.5. The molecule has 1 amide bonds. The van der Waals surface area contributed by atoms with E-state index in [9.17, 15) is 4.79 Å². The third kappa shape index (κ3) is 4.45. The fourth-order valence-corrected chi connectivity index (χ4v) is 4.94. The summed E-state index contributed by atoms with van der Waals surface area (Å²) >= 11 is 0. The maximum absolute atomic E-state index is 12.7. The Morgan fingerprint density at radius 2 is 1.80 bits per heavy atom. The summed E-state index contributed by atoms with van der Waals surface area (Å²) in [6.45, 7) is 7.62. The van der Waals surface area contributed by atoms with Crippen LogP contribution in [-0.2, 0) is 17.8 Å². The second-order valence-electron chi connectivity index (χ2n) is 9.17. The summed E-state index contributed by atoms with van der Waals surface area (Å²) < 4.78 is 2.33. The lowest BCUT2D eigenvalue weighted by Gasteiger charge is -2.34. The second kappa shape index (κ2) is 9.07. The molecule has 3 heteroatoms. The Hall–Kier alpha value is -2.55. The normalized spacial score (nSPS) is 21.6. The third-order valence-electron chi connectivity index (χ3n) is 7.15. The van der Waals surface area contributed by atoms with Gasteiger partial charge in [-0.1, -0.05) is 69.2 Å². The van der Waals surface area contributed by atoms with E-state index in [1.165, 1.54) is 40.4 Å². The molecule has 0 aliphatic heterocycles. The van der Waals surface area contributed by atoms with Crippen molar-refractivity contribution < 1.29 is 4.79 Å². The van der Waals surface area contributed by atoms with E-state index in [0.29, 0.717) is 24.3 Å². The van der Waals surface area contributed by atoms with Gasteiger partial charge in [-0.05, 0) is 54.4 Å². The van der Waals surface area contributed by atoms with E-state index in [1.54, 1.807) is 0 Å². The fraction of sp³-hybridized carbons (Fsp3) is 0.444. The average molecular weight is 403 g/mol. The summed E-state index contributed by atoms with van der Waals surface area (Å²) in [5, 5.41) is 4.59. The largest absolute Gasteiger partial charge is 0.353 e. The standard InChI is InChI=1S/C27H34N2O/c1-19-10-8-13-25(21(19)3)28-27(30)16-15-23-18-29(26-14-7-6-12-24(23)26)17-22-11-5-4-9-20(22)2/h4-7,9,11-12,14,18-19,21,25H,8,10,13,15-17H2,1-3H3,(H,28,30). The lowest BCUT2D eigenvalue weighted by molar-refractivity contribution is -0.122. The van der Waals surface area contributed by atoms with Gasteiger partial charge >= 0.3 is 0 Å². The summed E-state index contributed by atoms with van der Waals surface area (Å²) in [5.41, 5.74) is 5.15. The van der Waals surface area contributed by atoms with Crippen LogP contribution in [0.1, 0.15) is 56.2 Å². The molecule has 0 spiro atoms. The maximum atomic E-state index is 12.7. The highest BCUT2D eigenvalue weighted by Gasteiger charge is 2.28. The van der Waals surface area contributed by atoms with Gasteiger partial charge in [0.2, 0.25) is 5.91 Å². The van der Waals surface area contributed by atoms with Gasteiger partial charge in [-0.25, -0.2) is 0 Å². The van der Waals surface area contributed by atoms with E-state index >= 15 is 0 Å². The van der Waals surface area contributed by atoms with E-state index in [2.05, 4.69) is 85.4 Å². The van der Waals surface area contributed by atoms with Gasteiger partial charge in [0.1, 0.15) is 0 Å². The molecule has 3 aromatic rings. The summed E-state index contributed by atoms with van der Waals surface area (Å²) in [4.78, 5) is 12.7. The summed E-state index contributed by atoms with van der Waals surface area (Å²) in [7, 11) is 0. The molecule has 4 rings (SSSR count). The quantitative estimate of drug-likeness (QED) is 0.549. The number of aromatic nitrogens is 1. The Labute approximate surface area is 180 Å². The smallest absolute Gasteiger partial charge is 0.220 e. The van der Waals surface area contributed by atoms with Crippen molar-refractivity contribution in [2.75, 3.05) is 0 Å². The van der Waals surface area contributed by atoms with Gasteiger partial charge in [0, 0.05) is 36.1 Å². The second-order valence-corrected chi connectivity index (χ2v) is 9.17. The minimum absolute atomic E-state index is 0.191. The number of fused-ring (bicyclic) bond motifs is 1. The van der Waals surface area contributed by atoms with E-state index in [4.69, 9.17) is 0 Å². The minimum atomic E-state index is 0.191. The highest BCUT2D eigenvalue weighted by atomic mass is 16.1. The molecule has 1 aliphatic rings. The van der Waals surface area contributed by atoms with Crippen LogP contribution in [0, 0.1) is 18.8 Å². The Kier molecular flexibility index (Phi) is 6.26. The molecule has 0 saturated heterocycles. The number of benzene rings is 2. The Bertz CT molecular complexity index is 1020. The lowest BCUT2D eigenvalue weighted by Crippen LogP contribution is -2.43. The SMILES string of the molecule is Cc1ccccc1Cn1cc(CCC(=O)NC2CCCC(C)C2C)c2ccccc21. The zero-order chi connectivity index (χ0) is 21.1. The van der Waals surface area contributed by atoms with Crippen molar-refractivity contribution in [2.24, 2.45) is 11.8 Å². The van der Waals surface area contributed by atoms with Gasteiger partial charge in [0.15, 0.2) is 0 Å². The van der Waals surface area contributed by atoms with Crippen LogP contribution in [0.5, 0.6) is 0 Å². The molecule has 0 radical (unpaired) electrons. The summed E-state index contributed by atoms with van der Waals surface area (Å²) in [6.07, 6.45) is 7.21. The van der Waals surface area contributed by atoms with Crippen LogP contribution >= 0.6 is 0 Å². The number of nitrogens with zero attached hydrogens (tertiary/aromatic N) is 1. The Morgan fingerprint density at radius 1 is 1.03 bits per heavy atom. The molecule has 1 N–H and O–H groups in total. The van der Waals surface area contributed by atoms with Crippen LogP contribution in [0.2, 0.25) is 0 Å². The van der Waals surface area contributed by atoms with Crippen LogP contribution in [0.3, 0.4) is 0 Å². The predicted octanol–water partition coefficient (Wildman–Crippen LogP) is 5.87. The lowest BCUT2D eigenvalue weighted by atomic mass is 9.78. The molecule has 1 aliphatic carbocycles. The van der Waals surface area contributed by atoms with E-state index in [1.807, 2.05) is 0 Å². The van der Waals surface area contributed by atoms with Crippen LogP contribution in [0.25, 0.3) is 10.9 Å². The average Bonchev–Trinajstić information content (AvgIpc) is 3.09. The molecule has 1 fully saturated rings. The van der Waals surface area contributed by atoms with Gasteiger partial charge in [-0.2, -0.15) is 0 Å². The number of rotatable bonds is 6. The zero-order valence-corrected chi connectivity index (χ0v) is 18.5. The number of carbonyl (C=O) groups excluding carboxylic acids is 1. The molecule has 3 nitrogen and oxygen atoms in total. The van der Waals surface area contributed by atoms with Crippen LogP contribution in [-0.4, -0.2) is 16.5 Å². The van der Waals surface area contributed by atoms with Gasteiger partial charge in [-0.15, -0.1) is 0 Å². The number of amides is 1. The van der Waals surface area contributed by atoms with Gasteiger partial charge in [0.05, 0.1) is 0 Å². The highest BCUT2D eigenvalue weighted by Crippen LogP contribution is 2.30. The molecule has 3 unspecified atom stereocenters. The first-order chi connectivity index (χ1) is 14.5. The molecule has 1 saturated carbocycles. The molecule has 30 heavy (non-hydrogen) atoms. The van der Waals surface area contributed by atoms with Gasteiger partial charge in [-0.3, -0.25) is 4.79 Å². The predicted molar refractivity (Wildman–Crippen MR) is 125 cm³/mol. The summed E-state index contributed by atoms with van der Waals surface area (Å²) in [5.74, 6) is 1.46. The molecule has 1 aromatic heterocycles. The molecule has 1 heterocycles. The van der Waals surface area contributed by atoms with Crippen molar-refractivity contribution in [2.45, 2.75) is 65.5 Å². The Morgan fingerprint density at radius 3 is 2.63 bits per heavy atom. The van der Waals surface area contributed by atoms with Gasteiger partial charge < -0.3 is 9.88 Å². The molecule has 3 atom stereocenters. The maximum Gasteiger partial charge on any atom is 0.220 e. The number of aryl methyl sites for hydroxylation is 2. The first kappa shape index (κ1) is 20.7. The van der Waals surface area contributed by atoms with Crippen molar-refractivity contribution >= 4 is 16.8 Å². The van der Waals surface area contributed by atoms with Crippen molar-refractivity contribution in [3.63, 3.8) is 0 Å². The van der Waals surface area contributed by atoms with Crippen LogP contribution < -0.4 is 5.32 Å². The minimum Gasteiger partial charge on any atom is -0.353 e. The van der Waals surface area contributed by atoms with E-state index in [0.717, 1.165) is 19.4 Å². The molecular weight excluding hydrogens is 368 g/mol. The Balaban J connectivity index is 1.47. The molecule has 2 aromatic carbocycles. The van der Waals surface area contributed by atoms with Crippen LogP contribution in [0.15, 0.2) is 54.7 Å². The van der Waals surface area contributed by atoms with Crippen molar-refractivity contribution in [3.8, 4) is 0 Å². The van der Waals surface area contributed by atoms with Crippen molar-refractivity contribution in [1.82, 2.24) is 9.88 Å². The monoisotopic (exact) mass is 402 g/mol. The highest BCUT2D eigenvalue weighted by molar-refractivity contribution is 5.85. The molecular formula is C27H34N2O.